The van der Waals surface area contributed by atoms with E-state index in [-0.39, 0.29) is 17.5 Å². The standard InChI is InChI=1S/C15H16Cl2N4O2S/c1-2-3-4-13-20-21-15(24-13)19-12(22)8-18-14(23)9-5-6-10(16)11(17)7-9/h5-7H,2-4,8H2,1H3,(H,18,23)(H,19,21,22). The minimum absolute atomic E-state index is 0.178. The number of amides is 2. The molecule has 128 valence electrons. The van der Waals surface area contributed by atoms with Crippen LogP contribution in [0.15, 0.2) is 18.2 Å². The molecular formula is C15H16Cl2N4O2S. The third kappa shape index (κ3) is 5.43. The van der Waals surface area contributed by atoms with Crippen molar-refractivity contribution < 1.29 is 9.59 Å². The largest absolute Gasteiger partial charge is 0.343 e. The highest BCUT2D eigenvalue weighted by atomic mass is 35.5. The summed E-state index contributed by atoms with van der Waals surface area (Å²) in [6, 6.07) is 4.51. The summed E-state index contributed by atoms with van der Waals surface area (Å²) in [6.07, 6.45) is 2.95. The second-order valence-corrected chi connectivity index (χ2v) is 6.84. The first-order valence-electron chi connectivity index (χ1n) is 7.35. The quantitative estimate of drug-likeness (QED) is 0.761. The summed E-state index contributed by atoms with van der Waals surface area (Å²) >= 11 is 13.0. The highest BCUT2D eigenvalue weighted by molar-refractivity contribution is 7.15. The van der Waals surface area contributed by atoms with Gasteiger partial charge in [0.2, 0.25) is 11.0 Å². The van der Waals surface area contributed by atoms with E-state index in [0.29, 0.717) is 15.7 Å². The number of aromatic nitrogens is 2. The average molecular weight is 387 g/mol. The molecule has 0 saturated carbocycles. The van der Waals surface area contributed by atoms with Crippen LogP contribution in [0.1, 0.15) is 35.1 Å². The van der Waals surface area contributed by atoms with E-state index in [2.05, 4.69) is 27.8 Å². The van der Waals surface area contributed by atoms with Gasteiger partial charge in [0.15, 0.2) is 0 Å². The maximum absolute atomic E-state index is 12.0. The van der Waals surface area contributed by atoms with Gasteiger partial charge in [-0.3, -0.25) is 14.9 Å². The van der Waals surface area contributed by atoms with E-state index in [4.69, 9.17) is 23.2 Å². The van der Waals surface area contributed by atoms with Crippen LogP contribution >= 0.6 is 34.5 Å². The number of halogens is 2. The third-order valence-corrected chi connectivity index (χ3v) is 4.69. The van der Waals surface area contributed by atoms with Gasteiger partial charge >= 0.3 is 0 Å². The molecule has 6 nitrogen and oxygen atoms in total. The normalized spacial score (nSPS) is 10.5. The van der Waals surface area contributed by atoms with Crippen molar-refractivity contribution in [3.05, 3.63) is 38.8 Å². The second kappa shape index (κ2) is 8.96. The molecule has 0 saturated heterocycles. The number of nitrogens with zero attached hydrogens (tertiary/aromatic N) is 2. The first-order chi connectivity index (χ1) is 11.5. The number of hydrogen-bond donors (Lipinski definition) is 2. The van der Waals surface area contributed by atoms with Gasteiger partial charge in [0.05, 0.1) is 16.6 Å². The van der Waals surface area contributed by atoms with E-state index in [1.54, 1.807) is 0 Å². The molecule has 0 unspecified atom stereocenters. The van der Waals surface area contributed by atoms with Crippen LogP contribution in [0.25, 0.3) is 0 Å². The van der Waals surface area contributed by atoms with Crippen LogP contribution < -0.4 is 10.6 Å². The first-order valence-corrected chi connectivity index (χ1v) is 8.92. The summed E-state index contributed by atoms with van der Waals surface area (Å²) in [5.41, 5.74) is 0.329. The lowest BCUT2D eigenvalue weighted by molar-refractivity contribution is -0.115. The van der Waals surface area contributed by atoms with Crippen molar-refractivity contribution in [3.8, 4) is 0 Å². The van der Waals surface area contributed by atoms with Crippen LogP contribution in [0.5, 0.6) is 0 Å². The zero-order chi connectivity index (χ0) is 17.5. The van der Waals surface area contributed by atoms with Gasteiger partial charge in [0.25, 0.3) is 5.91 Å². The molecule has 2 rings (SSSR count). The predicted octanol–water partition coefficient (Wildman–Crippen LogP) is 3.56. The van der Waals surface area contributed by atoms with Gasteiger partial charge in [-0.25, -0.2) is 0 Å². The van der Waals surface area contributed by atoms with Crippen LogP contribution in [0.3, 0.4) is 0 Å². The maximum Gasteiger partial charge on any atom is 0.251 e. The Hall–Kier alpha value is -1.70. The maximum atomic E-state index is 12.0. The van der Waals surface area contributed by atoms with Crippen molar-refractivity contribution in [2.75, 3.05) is 11.9 Å². The van der Waals surface area contributed by atoms with Gasteiger partial charge in [0, 0.05) is 12.0 Å². The van der Waals surface area contributed by atoms with Crippen LogP contribution in [-0.2, 0) is 11.2 Å². The topological polar surface area (TPSA) is 84.0 Å². The molecule has 2 amide bonds. The number of hydrogen-bond acceptors (Lipinski definition) is 5. The molecule has 0 aliphatic heterocycles. The van der Waals surface area contributed by atoms with Crippen LogP contribution in [0.2, 0.25) is 10.0 Å². The summed E-state index contributed by atoms with van der Waals surface area (Å²) in [5, 5.41) is 15.0. The van der Waals surface area contributed by atoms with Gasteiger partial charge < -0.3 is 5.32 Å². The summed E-state index contributed by atoms with van der Waals surface area (Å²) in [6.45, 7) is 1.92. The Labute approximate surface area is 153 Å². The minimum Gasteiger partial charge on any atom is -0.343 e. The van der Waals surface area contributed by atoms with Gasteiger partial charge in [0.1, 0.15) is 5.01 Å². The number of nitrogens with one attached hydrogen (secondary N) is 2. The monoisotopic (exact) mass is 386 g/mol. The van der Waals surface area contributed by atoms with Gasteiger partial charge in [-0.1, -0.05) is 47.9 Å². The highest BCUT2D eigenvalue weighted by Crippen LogP contribution is 2.22. The van der Waals surface area contributed by atoms with E-state index in [9.17, 15) is 9.59 Å². The number of anilines is 1. The fraction of sp³-hybridized carbons (Fsp3) is 0.333. The summed E-state index contributed by atoms with van der Waals surface area (Å²) in [4.78, 5) is 23.8. The van der Waals surface area contributed by atoms with Gasteiger partial charge in [-0.05, 0) is 24.6 Å². The molecule has 0 radical (unpaired) electrons. The summed E-state index contributed by atoms with van der Waals surface area (Å²) in [7, 11) is 0. The molecule has 1 aromatic carbocycles. The van der Waals surface area contributed by atoms with E-state index in [1.807, 2.05) is 0 Å². The molecule has 0 aliphatic rings. The smallest absolute Gasteiger partial charge is 0.251 e. The Balaban J connectivity index is 1.83. The molecule has 0 bridgehead atoms. The van der Waals surface area contributed by atoms with E-state index in [1.165, 1.54) is 29.5 Å². The molecule has 1 aromatic heterocycles. The van der Waals surface area contributed by atoms with Gasteiger partial charge in [-0.15, -0.1) is 10.2 Å². The molecule has 0 atom stereocenters. The highest BCUT2D eigenvalue weighted by Gasteiger charge is 2.12. The summed E-state index contributed by atoms with van der Waals surface area (Å²) < 4.78 is 0. The summed E-state index contributed by atoms with van der Waals surface area (Å²) in [5.74, 6) is -0.786. The molecule has 0 aliphatic carbocycles. The Bertz CT molecular complexity index is 736. The van der Waals surface area contributed by atoms with Crippen molar-refractivity contribution >= 4 is 51.5 Å². The number of carbonyl (C=O) groups excluding carboxylic acids is 2. The minimum atomic E-state index is -0.412. The fourth-order valence-electron chi connectivity index (χ4n) is 1.80. The van der Waals surface area contributed by atoms with E-state index < -0.39 is 5.91 Å². The Morgan fingerprint density at radius 1 is 1.21 bits per heavy atom. The number of benzene rings is 1. The lowest BCUT2D eigenvalue weighted by Gasteiger charge is -2.05. The predicted molar refractivity (Wildman–Crippen MR) is 95.9 cm³/mol. The number of unbranched alkanes of at least 4 members (excludes halogenated alkanes) is 1. The number of rotatable bonds is 7. The second-order valence-electron chi connectivity index (χ2n) is 4.96. The molecule has 9 heteroatoms. The van der Waals surface area contributed by atoms with Crippen molar-refractivity contribution in [3.63, 3.8) is 0 Å². The lowest BCUT2D eigenvalue weighted by Crippen LogP contribution is -2.32. The molecule has 24 heavy (non-hydrogen) atoms. The fourth-order valence-corrected chi connectivity index (χ4v) is 2.89. The van der Waals surface area contributed by atoms with Crippen molar-refractivity contribution in [2.45, 2.75) is 26.2 Å². The Morgan fingerprint density at radius 3 is 2.71 bits per heavy atom. The lowest BCUT2D eigenvalue weighted by atomic mass is 10.2. The molecular weight excluding hydrogens is 371 g/mol. The van der Waals surface area contributed by atoms with Crippen LogP contribution in [0.4, 0.5) is 5.13 Å². The van der Waals surface area contributed by atoms with Crippen molar-refractivity contribution in [1.29, 1.82) is 0 Å². The zero-order valence-corrected chi connectivity index (χ0v) is 15.3. The Kier molecular flexibility index (Phi) is 6.96. The van der Waals surface area contributed by atoms with E-state index in [0.717, 1.165) is 24.3 Å². The third-order valence-electron chi connectivity index (χ3n) is 3.05. The van der Waals surface area contributed by atoms with Crippen LogP contribution in [-0.4, -0.2) is 28.6 Å². The zero-order valence-electron chi connectivity index (χ0n) is 12.9. The molecule has 0 fully saturated rings. The molecule has 2 aromatic rings. The SMILES string of the molecule is CCCCc1nnc(NC(=O)CNC(=O)c2ccc(Cl)c(Cl)c2)s1. The van der Waals surface area contributed by atoms with Crippen molar-refractivity contribution in [1.82, 2.24) is 15.5 Å². The molecule has 1 heterocycles. The molecule has 0 spiro atoms. The van der Waals surface area contributed by atoms with Crippen molar-refractivity contribution in [2.24, 2.45) is 0 Å². The van der Waals surface area contributed by atoms with Crippen LogP contribution in [0, 0.1) is 0 Å². The number of aryl methyl sites for hydroxylation is 1. The number of carbonyl (C=O) groups is 2. The van der Waals surface area contributed by atoms with Gasteiger partial charge in [-0.2, -0.15) is 0 Å². The van der Waals surface area contributed by atoms with E-state index >= 15 is 0 Å². The molecule has 2 N–H and O–H groups in total. The first kappa shape index (κ1) is 18.6. The Morgan fingerprint density at radius 2 is 2.00 bits per heavy atom. The average Bonchev–Trinajstić information content (AvgIpc) is 3.00.